The van der Waals surface area contributed by atoms with Crippen LogP contribution in [0.2, 0.25) is 0 Å². The Hall–Kier alpha value is -1.73. The summed E-state index contributed by atoms with van der Waals surface area (Å²) in [5.74, 6) is 1.37. The van der Waals surface area contributed by atoms with Crippen molar-refractivity contribution in [1.82, 2.24) is 25.1 Å². The number of hydrogen-bond acceptors (Lipinski definition) is 6. The SMILES string of the molecule is Cc1nc(C(=O)NCCCN(C)C)cc(N2CCN(C)CC2)n1. The zero-order valence-corrected chi connectivity index (χ0v) is 14.7. The molecule has 0 spiro atoms. The number of carbonyl (C=O) groups is 1. The zero-order chi connectivity index (χ0) is 16.8. The molecule has 128 valence electrons. The maximum atomic E-state index is 12.3. The minimum Gasteiger partial charge on any atom is -0.354 e. The standard InChI is InChI=1S/C16H28N6O/c1-13-18-14(16(23)17-6-5-7-20(2)3)12-15(19-13)22-10-8-21(4)9-11-22/h12H,5-11H2,1-4H3,(H,17,23). The number of aryl methyl sites for hydroxylation is 1. The summed E-state index contributed by atoms with van der Waals surface area (Å²) >= 11 is 0. The highest BCUT2D eigenvalue weighted by atomic mass is 16.1. The summed E-state index contributed by atoms with van der Waals surface area (Å²) in [4.78, 5) is 27.7. The largest absolute Gasteiger partial charge is 0.354 e. The number of nitrogens with one attached hydrogen (secondary N) is 1. The third-order valence-corrected chi connectivity index (χ3v) is 3.95. The number of anilines is 1. The number of aromatic nitrogens is 2. The Kier molecular flexibility index (Phi) is 6.29. The lowest BCUT2D eigenvalue weighted by Crippen LogP contribution is -2.45. The van der Waals surface area contributed by atoms with Crippen molar-refractivity contribution in [3.05, 3.63) is 17.6 Å². The third kappa shape index (κ3) is 5.44. The van der Waals surface area contributed by atoms with Crippen LogP contribution in [0, 0.1) is 6.92 Å². The van der Waals surface area contributed by atoms with Gasteiger partial charge in [0.15, 0.2) is 0 Å². The number of carbonyl (C=O) groups excluding carboxylic acids is 1. The van der Waals surface area contributed by atoms with E-state index < -0.39 is 0 Å². The van der Waals surface area contributed by atoms with E-state index in [1.807, 2.05) is 21.0 Å². The second-order valence-corrected chi connectivity index (χ2v) is 6.36. The van der Waals surface area contributed by atoms with Crippen LogP contribution >= 0.6 is 0 Å². The summed E-state index contributed by atoms with van der Waals surface area (Å²) in [7, 11) is 6.17. The monoisotopic (exact) mass is 320 g/mol. The molecule has 1 fully saturated rings. The molecule has 1 aliphatic rings. The molecule has 0 unspecified atom stereocenters. The van der Waals surface area contributed by atoms with Crippen LogP contribution in [0.1, 0.15) is 22.7 Å². The minimum atomic E-state index is -0.121. The molecule has 0 saturated carbocycles. The van der Waals surface area contributed by atoms with E-state index in [2.05, 4.69) is 37.0 Å². The van der Waals surface area contributed by atoms with E-state index in [0.29, 0.717) is 18.1 Å². The molecular weight excluding hydrogens is 292 g/mol. The molecule has 1 aromatic heterocycles. The Bertz CT molecular complexity index is 525. The maximum Gasteiger partial charge on any atom is 0.270 e. The fourth-order valence-electron chi connectivity index (χ4n) is 2.55. The van der Waals surface area contributed by atoms with Crippen molar-refractivity contribution in [3.8, 4) is 0 Å². The lowest BCUT2D eigenvalue weighted by molar-refractivity contribution is 0.0947. The number of hydrogen-bond donors (Lipinski definition) is 1. The predicted octanol–water partition coefficient (Wildman–Crippen LogP) is 0.218. The fraction of sp³-hybridized carbons (Fsp3) is 0.688. The van der Waals surface area contributed by atoms with E-state index in [4.69, 9.17) is 0 Å². The van der Waals surface area contributed by atoms with Crippen molar-refractivity contribution in [2.45, 2.75) is 13.3 Å². The molecule has 1 aliphatic heterocycles. The highest BCUT2D eigenvalue weighted by Crippen LogP contribution is 2.15. The van der Waals surface area contributed by atoms with Gasteiger partial charge in [-0.25, -0.2) is 9.97 Å². The molecule has 23 heavy (non-hydrogen) atoms. The number of amides is 1. The van der Waals surface area contributed by atoms with E-state index in [0.717, 1.165) is 45.0 Å². The summed E-state index contributed by atoms with van der Waals surface area (Å²) in [6, 6.07) is 1.81. The first-order chi connectivity index (χ1) is 11.0. The highest BCUT2D eigenvalue weighted by Gasteiger charge is 2.18. The zero-order valence-electron chi connectivity index (χ0n) is 14.7. The first kappa shape index (κ1) is 17.6. The van der Waals surface area contributed by atoms with Crippen molar-refractivity contribution >= 4 is 11.7 Å². The van der Waals surface area contributed by atoms with E-state index in [-0.39, 0.29) is 5.91 Å². The van der Waals surface area contributed by atoms with Gasteiger partial charge in [0.25, 0.3) is 5.91 Å². The molecule has 1 N–H and O–H groups in total. The molecule has 0 aromatic carbocycles. The van der Waals surface area contributed by atoms with Crippen molar-refractivity contribution in [3.63, 3.8) is 0 Å². The molecule has 2 rings (SSSR count). The quantitative estimate of drug-likeness (QED) is 0.757. The number of nitrogens with zero attached hydrogens (tertiary/aromatic N) is 5. The smallest absolute Gasteiger partial charge is 0.270 e. The van der Waals surface area contributed by atoms with Gasteiger partial charge in [0.05, 0.1) is 0 Å². The topological polar surface area (TPSA) is 64.6 Å². The average molecular weight is 320 g/mol. The molecule has 0 aliphatic carbocycles. The number of rotatable bonds is 6. The van der Waals surface area contributed by atoms with Crippen LogP contribution in [0.4, 0.5) is 5.82 Å². The Morgan fingerprint density at radius 3 is 2.61 bits per heavy atom. The second-order valence-electron chi connectivity index (χ2n) is 6.36. The Morgan fingerprint density at radius 1 is 1.26 bits per heavy atom. The normalized spacial score (nSPS) is 16.0. The summed E-state index contributed by atoms with van der Waals surface area (Å²) in [5.41, 5.74) is 0.455. The maximum absolute atomic E-state index is 12.3. The molecule has 7 nitrogen and oxygen atoms in total. The summed E-state index contributed by atoms with van der Waals surface area (Å²) in [6.45, 7) is 7.32. The molecule has 0 radical (unpaired) electrons. The fourth-order valence-corrected chi connectivity index (χ4v) is 2.55. The van der Waals surface area contributed by atoms with Gasteiger partial charge in [-0.1, -0.05) is 0 Å². The van der Waals surface area contributed by atoms with Crippen LogP contribution in [-0.2, 0) is 0 Å². The van der Waals surface area contributed by atoms with Gasteiger partial charge in [0, 0.05) is 38.8 Å². The highest BCUT2D eigenvalue weighted by molar-refractivity contribution is 5.92. The molecule has 1 aromatic rings. The van der Waals surface area contributed by atoms with E-state index in [9.17, 15) is 4.79 Å². The van der Waals surface area contributed by atoms with Gasteiger partial charge in [0.1, 0.15) is 17.3 Å². The van der Waals surface area contributed by atoms with Crippen molar-refractivity contribution < 1.29 is 4.79 Å². The lowest BCUT2D eigenvalue weighted by Gasteiger charge is -2.33. The van der Waals surface area contributed by atoms with Crippen LogP contribution in [-0.4, -0.2) is 86.1 Å². The van der Waals surface area contributed by atoms with Gasteiger partial charge >= 0.3 is 0 Å². The molecule has 2 heterocycles. The molecule has 0 bridgehead atoms. The predicted molar refractivity (Wildman–Crippen MR) is 92.0 cm³/mol. The summed E-state index contributed by atoms with van der Waals surface area (Å²) < 4.78 is 0. The average Bonchev–Trinajstić information content (AvgIpc) is 2.51. The van der Waals surface area contributed by atoms with E-state index in [1.54, 1.807) is 6.07 Å². The van der Waals surface area contributed by atoms with Gasteiger partial charge in [-0.15, -0.1) is 0 Å². The van der Waals surface area contributed by atoms with Crippen LogP contribution < -0.4 is 10.2 Å². The van der Waals surface area contributed by atoms with Crippen LogP contribution in [0.3, 0.4) is 0 Å². The van der Waals surface area contributed by atoms with Crippen molar-refractivity contribution in [2.75, 3.05) is 65.3 Å². The summed E-state index contributed by atoms with van der Waals surface area (Å²) in [5, 5.41) is 2.94. The van der Waals surface area contributed by atoms with Gasteiger partial charge in [-0.2, -0.15) is 0 Å². The first-order valence-corrected chi connectivity index (χ1v) is 8.18. The van der Waals surface area contributed by atoms with Gasteiger partial charge in [0.2, 0.25) is 0 Å². The van der Waals surface area contributed by atoms with Crippen LogP contribution in [0.15, 0.2) is 6.07 Å². The lowest BCUT2D eigenvalue weighted by atomic mass is 10.3. The third-order valence-electron chi connectivity index (χ3n) is 3.95. The molecule has 7 heteroatoms. The second kappa shape index (κ2) is 8.21. The molecule has 0 atom stereocenters. The molecule has 1 amide bonds. The minimum absolute atomic E-state index is 0.121. The van der Waals surface area contributed by atoms with Gasteiger partial charge in [-0.05, 0) is 41.0 Å². The van der Waals surface area contributed by atoms with Crippen LogP contribution in [0.25, 0.3) is 0 Å². The van der Waals surface area contributed by atoms with Gasteiger partial charge in [-0.3, -0.25) is 4.79 Å². The first-order valence-electron chi connectivity index (χ1n) is 8.18. The molecular formula is C16H28N6O. The van der Waals surface area contributed by atoms with Crippen molar-refractivity contribution in [2.24, 2.45) is 0 Å². The van der Waals surface area contributed by atoms with Gasteiger partial charge < -0.3 is 20.0 Å². The number of likely N-dealkylation sites (N-methyl/N-ethyl adjacent to an activating group) is 1. The summed E-state index contributed by atoms with van der Waals surface area (Å²) in [6.07, 6.45) is 0.925. The number of piperazine rings is 1. The Morgan fingerprint density at radius 2 is 1.96 bits per heavy atom. The molecule has 1 saturated heterocycles. The van der Waals surface area contributed by atoms with E-state index >= 15 is 0 Å². The Balaban J connectivity index is 1.97. The Labute approximate surface area is 138 Å². The van der Waals surface area contributed by atoms with Crippen molar-refractivity contribution in [1.29, 1.82) is 0 Å². The van der Waals surface area contributed by atoms with E-state index in [1.165, 1.54) is 0 Å². The van der Waals surface area contributed by atoms with Crippen LogP contribution in [0.5, 0.6) is 0 Å².